The second-order valence-electron chi connectivity index (χ2n) is 8.29. The molecule has 31 heavy (non-hydrogen) atoms. The summed E-state index contributed by atoms with van der Waals surface area (Å²) in [6.07, 6.45) is -6.81. The minimum Gasteiger partial charge on any atom is -0.508 e. The molecule has 0 radical (unpaired) electrons. The Labute approximate surface area is 175 Å². The Hall–Kier alpha value is -3.07. The van der Waals surface area contributed by atoms with Crippen molar-refractivity contribution in [2.45, 2.75) is 43.9 Å². The maximum Gasteiger partial charge on any atom is 0.417 e. The van der Waals surface area contributed by atoms with Crippen LogP contribution in [-0.2, 0) is 11.8 Å². The smallest absolute Gasteiger partial charge is 0.417 e. The van der Waals surface area contributed by atoms with Crippen LogP contribution in [0, 0.1) is 5.82 Å². The van der Waals surface area contributed by atoms with Crippen LogP contribution in [0.25, 0.3) is 10.9 Å². The molecule has 0 saturated carbocycles. The highest BCUT2D eigenvalue weighted by molar-refractivity contribution is 6.03. The van der Waals surface area contributed by atoms with Crippen LogP contribution in [0.15, 0.2) is 42.5 Å². The van der Waals surface area contributed by atoms with E-state index >= 15 is 0 Å². The molecule has 1 atom stereocenters. The van der Waals surface area contributed by atoms with Gasteiger partial charge in [0, 0.05) is 28.6 Å². The number of phenols is 1. The van der Waals surface area contributed by atoms with Gasteiger partial charge in [0.1, 0.15) is 11.6 Å². The summed E-state index contributed by atoms with van der Waals surface area (Å²) >= 11 is 0. The first-order chi connectivity index (χ1) is 14.2. The van der Waals surface area contributed by atoms with Gasteiger partial charge in [-0.3, -0.25) is 0 Å². The predicted molar refractivity (Wildman–Crippen MR) is 106 cm³/mol. The zero-order chi connectivity index (χ0) is 23.2. The third kappa shape index (κ3) is 4.36. The highest BCUT2D eigenvalue weighted by Crippen LogP contribution is 2.45. The Morgan fingerprint density at radius 3 is 2.39 bits per heavy atom. The van der Waals surface area contributed by atoms with E-state index in [0.717, 1.165) is 18.2 Å². The minimum atomic E-state index is -5.06. The number of aromatic amines is 1. The Balaban J connectivity index is 2.02. The van der Waals surface area contributed by atoms with Crippen molar-refractivity contribution in [3.05, 3.63) is 65.1 Å². The summed E-state index contributed by atoms with van der Waals surface area (Å²) in [7, 11) is 0. The van der Waals surface area contributed by atoms with Gasteiger partial charge in [-0.25, -0.2) is 9.18 Å². The van der Waals surface area contributed by atoms with E-state index in [0.29, 0.717) is 5.52 Å². The molecule has 0 spiro atoms. The van der Waals surface area contributed by atoms with E-state index in [4.69, 9.17) is 0 Å². The number of phenolic OH excluding ortho intramolecular Hbond substituents is 1. The van der Waals surface area contributed by atoms with E-state index in [2.05, 4.69) is 4.98 Å². The molecule has 2 aromatic carbocycles. The second kappa shape index (κ2) is 7.56. The first-order valence-corrected chi connectivity index (χ1v) is 9.35. The highest BCUT2D eigenvalue weighted by Gasteiger charge is 2.56. The Morgan fingerprint density at radius 1 is 1.10 bits per heavy atom. The van der Waals surface area contributed by atoms with E-state index in [1.165, 1.54) is 38.1 Å². The third-order valence-electron chi connectivity index (χ3n) is 5.38. The van der Waals surface area contributed by atoms with Crippen molar-refractivity contribution in [3.63, 3.8) is 0 Å². The van der Waals surface area contributed by atoms with Gasteiger partial charge < -0.3 is 20.3 Å². The number of aliphatic hydroxyl groups is 1. The van der Waals surface area contributed by atoms with Crippen LogP contribution in [0.5, 0.6) is 5.75 Å². The molecular formula is C22H21F4NO4. The lowest BCUT2D eigenvalue weighted by Crippen LogP contribution is -2.50. The van der Waals surface area contributed by atoms with Gasteiger partial charge in [0.05, 0.1) is 5.56 Å². The van der Waals surface area contributed by atoms with Gasteiger partial charge >= 0.3 is 12.1 Å². The summed E-state index contributed by atoms with van der Waals surface area (Å²) < 4.78 is 55.6. The Kier molecular flexibility index (Phi) is 5.52. The number of halogens is 4. The maximum atomic E-state index is 14.0. The molecule has 0 bridgehead atoms. The lowest BCUT2D eigenvalue weighted by atomic mass is 9.73. The zero-order valence-electron chi connectivity index (χ0n) is 16.7. The molecule has 1 aromatic heterocycles. The number of rotatable bonds is 6. The van der Waals surface area contributed by atoms with Crippen LogP contribution in [0.4, 0.5) is 17.6 Å². The normalized spacial score (nSPS) is 14.5. The van der Waals surface area contributed by atoms with E-state index in [-0.39, 0.29) is 28.0 Å². The number of carboxylic acids is 1. The number of hydrogen-bond acceptors (Lipinski definition) is 3. The maximum absolute atomic E-state index is 14.0. The molecule has 0 fully saturated rings. The molecule has 0 aliphatic rings. The van der Waals surface area contributed by atoms with Crippen LogP contribution in [0.3, 0.4) is 0 Å². The van der Waals surface area contributed by atoms with Gasteiger partial charge in [-0.2, -0.15) is 13.2 Å². The number of fused-ring (bicyclic) bond motifs is 1. The lowest BCUT2D eigenvalue weighted by molar-refractivity contribution is -0.266. The summed E-state index contributed by atoms with van der Waals surface area (Å²) in [4.78, 5) is 14.1. The van der Waals surface area contributed by atoms with Gasteiger partial charge in [-0.15, -0.1) is 0 Å². The first-order valence-electron chi connectivity index (χ1n) is 9.35. The number of benzene rings is 2. The molecule has 3 aromatic rings. The number of hydrogen-bond donors (Lipinski definition) is 4. The number of aromatic nitrogens is 1. The standard InChI is InChI=1S/C22H21F4NO4/c1-20(2,16-8-12(23)6-7-18(16)28)11-21(31,22(24,25)26)10-13-9-15-14(19(29)30)4-3-5-17(15)27-13/h3-9,27-28,31H,10-11H2,1-2H3,(H,29,30). The van der Waals surface area contributed by atoms with Gasteiger partial charge in [0.25, 0.3) is 0 Å². The Morgan fingerprint density at radius 2 is 1.77 bits per heavy atom. The predicted octanol–water partition coefficient (Wildman–Crippen LogP) is 4.91. The topological polar surface area (TPSA) is 93.5 Å². The van der Waals surface area contributed by atoms with Crippen molar-refractivity contribution in [1.82, 2.24) is 4.98 Å². The van der Waals surface area contributed by atoms with E-state index in [9.17, 15) is 37.7 Å². The summed E-state index contributed by atoms with van der Waals surface area (Å²) in [5.74, 6) is -2.34. The van der Waals surface area contributed by atoms with Crippen molar-refractivity contribution in [1.29, 1.82) is 0 Å². The third-order valence-corrected chi connectivity index (χ3v) is 5.38. The largest absolute Gasteiger partial charge is 0.508 e. The molecule has 1 heterocycles. The summed E-state index contributed by atoms with van der Waals surface area (Å²) in [6.45, 7) is 2.73. The molecule has 9 heteroatoms. The van der Waals surface area contributed by atoms with E-state index < -0.39 is 41.8 Å². The molecule has 5 nitrogen and oxygen atoms in total. The van der Waals surface area contributed by atoms with Gasteiger partial charge in [0.2, 0.25) is 0 Å². The van der Waals surface area contributed by atoms with Crippen LogP contribution in [0.1, 0.15) is 41.9 Å². The SMILES string of the molecule is CC(C)(CC(O)(Cc1cc2c(C(=O)O)cccc2[nH]1)C(F)(F)F)c1cc(F)ccc1O. The Bertz CT molecular complexity index is 1140. The number of nitrogens with one attached hydrogen (secondary N) is 1. The average Bonchev–Trinajstić information content (AvgIpc) is 3.03. The van der Waals surface area contributed by atoms with Crippen LogP contribution < -0.4 is 0 Å². The molecule has 0 saturated heterocycles. The lowest BCUT2D eigenvalue weighted by Gasteiger charge is -2.38. The number of carboxylic acid groups (broad SMARTS) is 1. The number of aromatic hydroxyl groups is 1. The molecule has 166 valence electrons. The van der Waals surface area contributed by atoms with Crippen LogP contribution in [0.2, 0.25) is 0 Å². The number of carbonyl (C=O) groups is 1. The summed E-state index contributed by atoms with van der Waals surface area (Å²) in [5.41, 5.74) is -4.53. The first kappa shape index (κ1) is 22.6. The van der Waals surface area contributed by atoms with Crippen molar-refractivity contribution >= 4 is 16.9 Å². The fourth-order valence-electron chi connectivity index (χ4n) is 3.95. The van der Waals surface area contributed by atoms with Crippen molar-refractivity contribution in [2.24, 2.45) is 0 Å². The number of alkyl halides is 3. The average molecular weight is 439 g/mol. The second-order valence-corrected chi connectivity index (χ2v) is 8.29. The molecule has 0 amide bonds. The number of aromatic carboxylic acids is 1. The molecular weight excluding hydrogens is 418 g/mol. The monoisotopic (exact) mass is 439 g/mol. The van der Waals surface area contributed by atoms with E-state index in [1.54, 1.807) is 0 Å². The zero-order valence-corrected chi connectivity index (χ0v) is 16.7. The minimum absolute atomic E-state index is 0.0113. The summed E-state index contributed by atoms with van der Waals surface area (Å²) in [5, 5.41) is 30.3. The highest BCUT2D eigenvalue weighted by atomic mass is 19.4. The molecule has 0 aliphatic heterocycles. The van der Waals surface area contributed by atoms with Crippen LogP contribution in [-0.4, -0.2) is 38.1 Å². The van der Waals surface area contributed by atoms with Gasteiger partial charge in [-0.1, -0.05) is 19.9 Å². The van der Waals surface area contributed by atoms with E-state index in [1.807, 2.05) is 0 Å². The number of H-pyrrole nitrogens is 1. The fourth-order valence-corrected chi connectivity index (χ4v) is 3.95. The molecule has 1 unspecified atom stereocenters. The van der Waals surface area contributed by atoms with Crippen molar-refractivity contribution in [2.75, 3.05) is 0 Å². The van der Waals surface area contributed by atoms with Gasteiger partial charge in [0.15, 0.2) is 5.60 Å². The van der Waals surface area contributed by atoms with Crippen LogP contribution >= 0.6 is 0 Å². The van der Waals surface area contributed by atoms with Crippen molar-refractivity contribution < 1.29 is 37.7 Å². The summed E-state index contributed by atoms with van der Waals surface area (Å²) in [6, 6.07) is 8.54. The van der Waals surface area contributed by atoms with Gasteiger partial charge in [-0.05, 0) is 48.2 Å². The molecule has 3 rings (SSSR count). The molecule has 4 N–H and O–H groups in total. The quantitative estimate of drug-likeness (QED) is 0.411. The fraction of sp³-hybridized carbons (Fsp3) is 0.318. The van der Waals surface area contributed by atoms with Crippen molar-refractivity contribution in [3.8, 4) is 5.75 Å². The molecule has 0 aliphatic carbocycles.